The number of rotatable bonds is 6. The van der Waals surface area contributed by atoms with E-state index in [1.54, 1.807) is 17.0 Å². The van der Waals surface area contributed by atoms with Crippen molar-refractivity contribution in [2.24, 2.45) is 0 Å². The molecule has 5 nitrogen and oxygen atoms in total. The largest absolute Gasteiger partial charge is 0.493 e. The van der Waals surface area contributed by atoms with Gasteiger partial charge in [0.25, 0.3) is 5.91 Å². The van der Waals surface area contributed by atoms with Crippen LogP contribution in [0, 0.1) is 0 Å². The van der Waals surface area contributed by atoms with Crippen molar-refractivity contribution in [2.45, 2.75) is 13.5 Å². The number of ether oxygens (including phenoxy) is 2. The summed E-state index contributed by atoms with van der Waals surface area (Å²) in [5.41, 5.74) is 7.91. The molecule has 0 aliphatic carbocycles. The fourth-order valence-corrected chi connectivity index (χ4v) is 2.43. The lowest BCUT2D eigenvalue weighted by Crippen LogP contribution is -2.30. The van der Waals surface area contributed by atoms with Crippen LogP contribution in [-0.4, -0.2) is 31.6 Å². The van der Waals surface area contributed by atoms with E-state index in [0.717, 1.165) is 5.56 Å². The summed E-state index contributed by atoms with van der Waals surface area (Å²) < 4.78 is 10.5. The summed E-state index contributed by atoms with van der Waals surface area (Å²) in [7, 11) is 3.04. The Morgan fingerprint density at radius 1 is 1.13 bits per heavy atom. The fourth-order valence-electron chi connectivity index (χ4n) is 2.43. The van der Waals surface area contributed by atoms with Gasteiger partial charge in [0.05, 0.1) is 19.9 Å². The third-order valence-corrected chi connectivity index (χ3v) is 3.64. The third kappa shape index (κ3) is 3.74. The van der Waals surface area contributed by atoms with Gasteiger partial charge in [-0.1, -0.05) is 30.3 Å². The summed E-state index contributed by atoms with van der Waals surface area (Å²) in [6.45, 7) is 3.09. The number of amides is 1. The lowest BCUT2D eigenvalue weighted by atomic mass is 10.1. The highest BCUT2D eigenvalue weighted by Crippen LogP contribution is 2.34. The van der Waals surface area contributed by atoms with Crippen molar-refractivity contribution < 1.29 is 14.3 Å². The average Bonchev–Trinajstić information content (AvgIpc) is 2.59. The summed E-state index contributed by atoms with van der Waals surface area (Å²) in [5, 5.41) is 0. The van der Waals surface area contributed by atoms with Gasteiger partial charge in [-0.25, -0.2) is 0 Å². The monoisotopic (exact) mass is 314 g/mol. The molecule has 2 aromatic rings. The number of methoxy groups -OCH3 is 2. The second-order valence-electron chi connectivity index (χ2n) is 5.11. The van der Waals surface area contributed by atoms with Crippen molar-refractivity contribution in [2.75, 3.05) is 26.5 Å². The van der Waals surface area contributed by atoms with Gasteiger partial charge in [0.15, 0.2) is 11.5 Å². The summed E-state index contributed by atoms with van der Waals surface area (Å²) in [4.78, 5) is 14.5. The minimum absolute atomic E-state index is 0.0935. The fraction of sp³-hybridized carbons (Fsp3) is 0.278. The van der Waals surface area contributed by atoms with Crippen LogP contribution in [0.1, 0.15) is 22.8 Å². The van der Waals surface area contributed by atoms with Crippen LogP contribution in [0.15, 0.2) is 42.5 Å². The molecule has 122 valence electrons. The molecule has 0 fully saturated rings. The van der Waals surface area contributed by atoms with Crippen molar-refractivity contribution >= 4 is 11.6 Å². The number of hydrogen-bond donors (Lipinski definition) is 1. The zero-order valence-corrected chi connectivity index (χ0v) is 13.7. The van der Waals surface area contributed by atoms with Crippen molar-refractivity contribution in [1.29, 1.82) is 0 Å². The molecule has 0 aliphatic rings. The Morgan fingerprint density at radius 3 is 2.39 bits per heavy atom. The molecule has 0 heterocycles. The van der Waals surface area contributed by atoms with E-state index in [1.165, 1.54) is 14.2 Å². The second kappa shape index (κ2) is 7.54. The second-order valence-corrected chi connectivity index (χ2v) is 5.11. The Morgan fingerprint density at radius 2 is 1.83 bits per heavy atom. The van der Waals surface area contributed by atoms with Gasteiger partial charge in [-0.05, 0) is 24.6 Å². The number of carbonyl (C=O) groups excluding carboxylic acids is 1. The minimum Gasteiger partial charge on any atom is -0.493 e. The number of hydrogen-bond acceptors (Lipinski definition) is 4. The number of nitrogens with zero attached hydrogens (tertiary/aromatic N) is 1. The normalized spacial score (nSPS) is 10.2. The maximum Gasteiger partial charge on any atom is 0.254 e. The molecule has 0 atom stereocenters. The molecule has 2 N–H and O–H groups in total. The topological polar surface area (TPSA) is 64.8 Å². The van der Waals surface area contributed by atoms with Gasteiger partial charge in [-0.3, -0.25) is 4.79 Å². The zero-order valence-electron chi connectivity index (χ0n) is 13.7. The number of carbonyl (C=O) groups is 1. The van der Waals surface area contributed by atoms with Crippen molar-refractivity contribution in [3.8, 4) is 11.5 Å². The van der Waals surface area contributed by atoms with E-state index in [4.69, 9.17) is 15.2 Å². The Balaban J connectivity index is 2.29. The average molecular weight is 314 g/mol. The Labute approximate surface area is 136 Å². The van der Waals surface area contributed by atoms with E-state index in [1.807, 2.05) is 37.3 Å². The molecule has 0 bridgehead atoms. The molecule has 0 radical (unpaired) electrons. The molecule has 2 aromatic carbocycles. The third-order valence-electron chi connectivity index (χ3n) is 3.64. The molecule has 0 saturated heterocycles. The number of benzene rings is 2. The van der Waals surface area contributed by atoms with Crippen molar-refractivity contribution in [3.63, 3.8) is 0 Å². The van der Waals surface area contributed by atoms with E-state index < -0.39 is 0 Å². The molecule has 5 heteroatoms. The van der Waals surface area contributed by atoms with Crippen LogP contribution in [0.5, 0.6) is 11.5 Å². The first kappa shape index (κ1) is 16.7. The van der Waals surface area contributed by atoms with Crippen LogP contribution in [-0.2, 0) is 6.54 Å². The molecule has 0 aliphatic heterocycles. The molecule has 0 unspecified atom stereocenters. The predicted molar refractivity (Wildman–Crippen MR) is 90.8 cm³/mol. The Hall–Kier alpha value is -2.69. The van der Waals surface area contributed by atoms with Crippen LogP contribution >= 0.6 is 0 Å². The first-order valence-corrected chi connectivity index (χ1v) is 7.45. The van der Waals surface area contributed by atoms with Gasteiger partial charge >= 0.3 is 0 Å². The quantitative estimate of drug-likeness (QED) is 0.833. The van der Waals surface area contributed by atoms with Gasteiger partial charge in [0.1, 0.15) is 0 Å². The standard InChI is InChI=1S/C18H22N2O3/c1-4-20(12-13-8-6-5-7-9-13)18(21)14-10-15(19)17(23-3)16(11-14)22-2/h5-11H,4,12,19H2,1-3H3. The van der Waals surface area contributed by atoms with Crippen LogP contribution in [0.2, 0.25) is 0 Å². The van der Waals surface area contributed by atoms with Crippen molar-refractivity contribution in [3.05, 3.63) is 53.6 Å². The molecule has 0 saturated carbocycles. The lowest BCUT2D eigenvalue weighted by molar-refractivity contribution is 0.0752. The van der Waals surface area contributed by atoms with E-state index in [-0.39, 0.29) is 5.91 Å². The summed E-state index contributed by atoms with van der Waals surface area (Å²) in [5.74, 6) is 0.797. The molecule has 1 amide bonds. The molecule has 0 spiro atoms. The van der Waals surface area contributed by atoms with Crippen molar-refractivity contribution in [1.82, 2.24) is 4.90 Å². The number of nitrogens with two attached hydrogens (primary N) is 1. The van der Waals surface area contributed by atoms with Gasteiger partial charge in [0.2, 0.25) is 0 Å². The Bertz CT molecular complexity index is 671. The van der Waals surface area contributed by atoms with Crippen LogP contribution in [0.25, 0.3) is 0 Å². The molecular weight excluding hydrogens is 292 g/mol. The molecule has 2 rings (SSSR count). The van der Waals surface area contributed by atoms with Crippen LogP contribution in [0.3, 0.4) is 0 Å². The maximum absolute atomic E-state index is 12.8. The van der Waals surface area contributed by atoms with Gasteiger partial charge < -0.3 is 20.1 Å². The highest BCUT2D eigenvalue weighted by molar-refractivity contribution is 5.96. The number of anilines is 1. The highest BCUT2D eigenvalue weighted by atomic mass is 16.5. The zero-order chi connectivity index (χ0) is 16.8. The first-order chi connectivity index (χ1) is 11.1. The first-order valence-electron chi connectivity index (χ1n) is 7.45. The van der Waals surface area contributed by atoms with Gasteiger partial charge in [0, 0.05) is 18.7 Å². The maximum atomic E-state index is 12.8. The van der Waals surface area contributed by atoms with E-state index >= 15 is 0 Å². The molecule has 23 heavy (non-hydrogen) atoms. The summed E-state index contributed by atoms with van der Waals surface area (Å²) in [6, 6.07) is 13.2. The predicted octanol–water partition coefficient (Wildman–Crippen LogP) is 2.95. The van der Waals surface area contributed by atoms with Gasteiger partial charge in [-0.2, -0.15) is 0 Å². The summed E-state index contributed by atoms with van der Waals surface area (Å²) in [6.07, 6.45) is 0. The van der Waals surface area contributed by atoms with E-state index in [2.05, 4.69) is 0 Å². The number of nitrogen functional groups attached to an aromatic ring is 1. The Kier molecular flexibility index (Phi) is 5.46. The SMILES string of the molecule is CCN(Cc1ccccc1)C(=O)c1cc(N)c(OC)c(OC)c1. The van der Waals surface area contributed by atoms with E-state index in [9.17, 15) is 4.79 Å². The lowest BCUT2D eigenvalue weighted by Gasteiger charge is -2.22. The van der Waals surface area contributed by atoms with Crippen LogP contribution < -0.4 is 15.2 Å². The smallest absolute Gasteiger partial charge is 0.254 e. The van der Waals surface area contributed by atoms with Gasteiger partial charge in [-0.15, -0.1) is 0 Å². The van der Waals surface area contributed by atoms with Crippen LogP contribution in [0.4, 0.5) is 5.69 Å². The molecule has 0 aromatic heterocycles. The minimum atomic E-state index is -0.0935. The molecular formula is C18H22N2O3. The summed E-state index contributed by atoms with van der Waals surface area (Å²) >= 11 is 0. The highest BCUT2D eigenvalue weighted by Gasteiger charge is 2.19. The van der Waals surface area contributed by atoms with E-state index in [0.29, 0.717) is 35.8 Å².